The van der Waals surface area contributed by atoms with Crippen LogP contribution < -0.4 is 16.0 Å². The quantitative estimate of drug-likeness (QED) is 0.700. The van der Waals surface area contributed by atoms with Crippen LogP contribution in [0.25, 0.3) is 0 Å². The van der Waals surface area contributed by atoms with Crippen molar-refractivity contribution in [1.82, 2.24) is 10.6 Å². The summed E-state index contributed by atoms with van der Waals surface area (Å²) in [5.41, 5.74) is 1.66. The third-order valence-corrected chi connectivity index (χ3v) is 2.63. The number of anilines is 1. The Hall–Kier alpha value is -1.88. The molecule has 0 radical (unpaired) electrons. The molecule has 21 heavy (non-hydrogen) atoms. The van der Waals surface area contributed by atoms with Gasteiger partial charge in [0.1, 0.15) is 0 Å². The maximum absolute atomic E-state index is 11.7. The number of hydrogen-bond acceptors (Lipinski definition) is 3. The van der Waals surface area contributed by atoms with E-state index in [0.717, 1.165) is 11.3 Å². The lowest BCUT2D eigenvalue weighted by Gasteiger charge is -2.20. The van der Waals surface area contributed by atoms with E-state index in [1.165, 1.54) is 0 Å². The Kier molecular flexibility index (Phi) is 6.37. The van der Waals surface area contributed by atoms with E-state index in [0.29, 0.717) is 13.0 Å². The zero-order chi connectivity index (χ0) is 15.9. The first-order valence-corrected chi connectivity index (χ1v) is 7.14. The van der Waals surface area contributed by atoms with Crippen LogP contribution in [0.3, 0.4) is 0 Å². The van der Waals surface area contributed by atoms with E-state index in [2.05, 4.69) is 16.0 Å². The molecule has 116 valence electrons. The van der Waals surface area contributed by atoms with Crippen molar-refractivity contribution >= 4 is 17.5 Å². The lowest BCUT2D eigenvalue weighted by molar-refractivity contribution is -0.122. The average molecular weight is 291 g/mol. The second kappa shape index (κ2) is 7.78. The Labute approximate surface area is 126 Å². The van der Waals surface area contributed by atoms with Crippen molar-refractivity contribution in [3.8, 4) is 0 Å². The van der Waals surface area contributed by atoms with Crippen molar-refractivity contribution in [2.24, 2.45) is 0 Å². The van der Waals surface area contributed by atoms with Crippen molar-refractivity contribution in [2.75, 3.05) is 18.4 Å². The average Bonchev–Trinajstić information content (AvgIpc) is 2.32. The lowest BCUT2D eigenvalue weighted by Crippen LogP contribution is -2.42. The molecule has 1 aromatic rings. The summed E-state index contributed by atoms with van der Waals surface area (Å²) in [6.07, 6.45) is 0.356. The minimum Gasteiger partial charge on any atom is -0.351 e. The summed E-state index contributed by atoms with van der Waals surface area (Å²) in [4.78, 5) is 23.3. The van der Waals surface area contributed by atoms with Gasteiger partial charge >= 0.3 is 0 Å². The maximum Gasteiger partial charge on any atom is 0.238 e. The molecule has 1 rings (SSSR count). The van der Waals surface area contributed by atoms with Crippen LogP contribution in [0.15, 0.2) is 24.3 Å². The van der Waals surface area contributed by atoms with E-state index >= 15 is 0 Å². The largest absolute Gasteiger partial charge is 0.351 e. The topological polar surface area (TPSA) is 70.2 Å². The number of nitrogens with one attached hydrogen (secondary N) is 3. The van der Waals surface area contributed by atoms with Crippen LogP contribution in [0.1, 0.15) is 32.8 Å². The molecule has 0 heterocycles. The SMILES string of the molecule is Cc1cccc(NC(=O)CNCCC(=O)NC(C)(C)C)c1. The molecule has 0 saturated carbocycles. The van der Waals surface area contributed by atoms with Crippen molar-refractivity contribution in [3.63, 3.8) is 0 Å². The Bertz CT molecular complexity index is 493. The lowest BCUT2D eigenvalue weighted by atomic mass is 10.1. The monoisotopic (exact) mass is 291 g/mol. The molecule has 0 aromatic heterocycles. The zero-order valence-electron chi connectivity index (χ0n) is 13.2. The van der Waals surface area contributed by atoms with Crippen molar-refractivity contribution in [1.29, 1.82) is 0 Å². The van der Waals surface area contributed by atoms with Crippen LogP contribution in [0.2, 0.25) is 0 Å². The Morgan fingerprint density at radius 1 is 1.14 bits per heavy atom. The van der Waals surface area contributed by atoms with Crippen molar-refractivity contribution in [2.45, 2.75) is 39.7 Å². The fourth-order valence-corrected chi connectivity index (χ4v) is 1.81. The number of carbonyl (C=O) groups excluding carboxylic acids is 2. The summed E-state index contributed by atoms with van der Waals surface area (Å²) in [6.45, 7) is 8.45. The van der Waals surface area contributed by atoms with Crippen LogP contribution in [-0.4, -0.2) is 30.4 Å². The first kappa shape index (κ1) is 17.2. The number of benzene rings is 1. The molecule has 0 aliphatic rings. The molecule has 0 atom stereocenters. The molecule has 5 nitrogen and oxygen atoms in total. The highest BCUT2D eigenvalue weighted by atomic mass is 16.2. The van der Waals surface area contributed by atoms with Gasteiger partial charge in [0.05, 0.1) is 6.54 Å². The van der Waals surface area contributed by atoms with Crippen molar-refractivity contribution < 1.29 is 9.59 Å². The van der Waals surface area contributed by atoms with E-state index in [9.17, 15) is 9.59 Å². The molecule has 0 aliphatic heterocycles. The summed E-state index contributed by atoms with van der Waals surface area (Å²) in [5, 5.41) is 8.64. The molecule has 0 fully saturated rings. The van der Waals surface area contributed by atoms with E-state index in [1.54, 1.807) is 0 Å². The van der Waals surface area contributed by atoms with Gasteiger partial charge in [-0.25, -0.2) is 0 Å². The molecule has 0 aliphatic carbocycles. The van der Waals surface area contributed by atoms with Crippen LogP contribution >= 0.6 is 0 Å². The van der Waals surface area contributed by atoms with Gasteiger partial charge < -0.3 is 16.0 Å². The Morgan fingerprint density at radius 2 is 1.86 bits per heavy atom. The fraction of sp³-hybridized carbons (Fsp3) is 0.500. The number of hydrogen-bond donors (Lipinski definition) is 3. The van der Waals surface area contributed by atoms with Crippen LogP contribution in [0.5, 0.6) is 0 Å². The number of rotatable bonds is 6. The highest BCUT2D eigenvalue weighted by Gasteiger charge is 2.13. The minimum atomic E-state index is -0.223. The molecule has 0 unspecified atom stereocenters. The van der Waals surface area contributed by atoms with Gasteiger partial charge in [0.15, 0.2) is 0 Å². The standard InChI is InChI=1S/C16H25N3O2/c1-12-6-5-7-13(10-12)18-15(21)11-17-9-8-14(20)19-16(2,3)4/h5-7,10,17H,8-9,11H2,1-4H3,(H,18,21)(H,19,20). The molecular formula is C16H25N3O2. The van der Waals surface area contributed by atoms with Gasteiger partial charge in [-0.2, -0.15) is 0 Å². The fourth-order valence-electron chi connectivity index (χ4n) is 1.81. The first-order chi connectivity index (χ1) is 9.76. The Balaban J connectivity index is 2.21. The molecule has 0 bridgehead atoms. The normalized spacial score (nSPS) is 11.0. The zero-order valence-corrected chi connectivity index (χ0v) is 13.2. The van der Waals surface area contributed by atoms with Crippen molar-refractivity contribution in [3.05, 3.63) is 29.8 Å². The van der Waals surface area contributed by atoms with Crippen LogP contribution in [-0.2, 0) is 9.59 Å². The van der Waals surface area contributed by atoms with Gasteiger partial charge in [0.2, 0.25) is 11.8 Å². The predicted molar refractivity (Wildman–Crippen MR) is 85.2 cm³/mol. The summed E-state index contributed by atoms with van der Waals surface area (Å²) < 4.78 is 0. The van der Waals surface area contributed by atoms with Crippen LogP contribution in [0.4, 0.5) is 5.69 Å². The molecular weight excluding hydrogens is 266 g/mol. The smallest absolute Gasteiger partial charge is 0.238 e. The van der Waals surface area contributed by atoms with Crippen LogP contribution in [0, 0.1) is 6.92 Å². The molecule has 1 aromatic carbocycles. The summed E-state index contributed by atoms with van der Waals surface area (Å²) in [6, 6.07) is 7.63. The van der Waals surface area contributed by atoms with E-state index in [4.69, 9.17) is 0 Å². The van der Waals surface area contributed by atoms with Gasteiger partial charge in [0.25, 0.3) is 0 Å². The molecule has 5 heteroatoms. The molecule has 0 spiro atoms. The molecule has 0 saturated heterocycles. The molecule has 2 amide bonds. The third kappa shape index (κ3) is 8.09. The van der Waals surface area contributed by atoms with E-state index < -0.39 is 0 Å². The Morgan fingerprint density at radius 3 is 2.48 bits per heavy atom. The third-order valence-electron chi connectivity index (χ3n) is 2.63. The number of aryl methyl sites for hydroxylation is 1. The maximum atomic E-state index is 11.7. The van der Waals surface area contributed by atoms with E-state index in [1.807, 2.05) is 52.0 Å². The minimum absolute atomic E-state index is 0.0194. The van der Waals surface area contributed by atoms with Gasteiger partial charge in [-0.05, 0) is 45.4 Å². The highest BCUT2D eigenvalue weighted by molar-refractivity contribution is 5.92. The number of amides is 2. The summed E-state index contributed by atoms with van der Waals surface area (Å²) in [5.74, 6) is -0.133. The predicted octanol–water partition coefficient (Wildman–Crippen LogP) is 1.83. The van der Waals surface area contributed by atoms with Gasteiger partial charge in [-0.3, -0.25) is 9.59 Å². The molecule has 3 N–H and O–H groups in total. The first-order valence-electron chi connectivity index (χ1n) is 7.14. The van der Waals surface area contributed by atoms with Gasteiger partial charge in [0, 0.05) is 24.2 Å². The number of carbonyl (C=O) groups is 2. The van der Waals surface area contributed by atoms with Gasteiger partial charge in [-0.1, -0.05) is 12.1 Å². The highest BCUT2D eigenvalue weighted by Crippen LogP contribution is 2.08. The van der Waals surface area contributed by atoms with E-state index in [-0.39, 0.29) is 23.9 Å². The summed E-state index contributed by atoms with van der Waals surface area (Å²) in [7, 11) is 0. The van der Waals surface area contributed by atoms with Gasteiger partial charge in [-0.15, -0.1) is 0 Å². The second-order valence-electron chi connectivity index (χ2n) is 6.14. The summed E-state index contributed by atoms with van der Waals surface area (Å²) >= 11 is 0. The second-order valence-corrected chi connectivity index (χ2v) is 6.14.